The van der Waals surface area contributed by atoms with Gasteiger partial charge in [0.2, 0.25) is 0 Å². The molecule has 140 valence electrons. The summed E-state index contributed by atoms with van der Waals surface area (Å²) in [5.41, 5.74) is 6.79. The van der Waals surface area contributed by atoms with Gasteiger partial charge in [-0.25, -0.2) is 13.2 Å². The van der Waals surface area contributed by atoms with E-state index >= 15 is 0 Å². The highest BCUT2D eigenvalue weighted by Gasteiger charge is 2.24. The maximum absolute atomic E-state index is 11.8. The second-order valence-corrected chi connectivity index (χ2v) is 9.42. The number of carbonyl (C=O) groups excluding carboxylic acids is 1. The summed E-state index contributed by atoms with van der Waals surface area (Å²) in [6.45, 7) is 6.94. The Morgan fingerprint density at radius 2 is 1.88 bits per heavy atom. The predicted molar refractivity (Wildman–Crippen MR) is 98.6 cm³/mol. The molecule has 0 atom stereocenters. The molecule has 3 N–H and O–H groups in total. The molecule has 1 aromatic carbocycles. The van der Waals surface area contributed by atoms with Crippen LogP contribution >= 0.6 is 0 Å². The van der Waals surface area contributed by atoms with Gasteiger partial charge in [-0.2, -0.15) is 0 Å². The number of benzene rings is 1. The number of nitrogens with two attached hydrogens (primary N) is 1. The zero-order chi connectivity index (χ0) is 18.8. The Bertz CT molecular complexity index is 733. The first-order chi connectivity index (χ1) is 11.5. The van der Waals surface area contributed by atoms with Crippen LogP contribution in [0.5, 0.6) is 0 Å². The topological polar surface area (TPSA) is 102 Å². The highest BCUT2D eigenvalue weighted by Crippen LogP contribution is 2.28. The van der Waals surface area contributed by atoms with Crippen molar-refractivity contribution in [1.82, 2.24) is 5.32 Å². The van der Waals surface area contributed by atoms with Gasteiger partial charge in [0.1, 0.15) is 5.60 Å². The molecule has 0 unspecified atom stereocenters. The first-order valence-corrected chi connectivity index (χ1v) is 10.2. The largest absolute Gasteiger partial charge is 0.444 e. The molecular weight excluding hydrogens is 342 g/mol. The monoisotopic (exact) mass is 369 g/mol. The lowest BCUT2D eigenvalue weighted by Gasteiger charge is -2.35. The molecule has 0 aromatic heterocycles. The number of hydrogen-bond acceptors (Lipinski definition) is 6. The van der Waals surface area contributed by atoms with Gasteiger partial charge >= 0.3 is 6.09 Å². The van der Waals surface area contributed by atoms with Crippen LogP contribution < -0.4 is 16.0 Å². The number of piperidine rings is 1. The zero-order valence-electron chi connectivity index (χ0n) is 15.2. The van der Waals surface area contributed by atoms with Gasteiger partial charge in [-0.1, -0.05) is 0 Å². The Morgan fingerprint density at radius 3 is 2.36 bits per heavy atom. The second kappa shape index (κ2) is 7.11. The molecule has 1 aliphatic rings. The number of ether oxygens (including phenoxy) is 1. The van der Waals surface area contributed by atoms with E-state index in [1.807, 2.05) is 20.8 Å². The number of hydrogen-bond donors (Lipinski definition) is 2. The van der Waals surface area contributed by atoms with E-state index in [9.17, 15) is 13.2 Å². The van der Waals surface area contributed by atoms with Gasteiger partial charge in [0, 0.05) is 25.4 Å². The fourth-order valence-corrected chi connectivity index (χ4v) is 3.45. The molecule has 1 saturated heterocycles. The summed E-state index contributed by atoms with van der Waals surface area (Å²) in [4.78, 5) is 14.2. The molecule has 25 heavy (non-hydrogen) atoms. The SMILES string of the molecule is CC(C)(C)OC(=O)NC1CCN(c2ccc(S(C)(=O)=O)cc2N)CC1. The van der Waals surface area contributed by atoms with Crippen LogP contribution in [0.25, 0.3) is 0 Å². The number of nitrogens with one attached hydrogen (secondary N) is 1. The number of carbonyl (C=O) groups is 1. The molecule has 1 heterocycles. The molecule has 2 rings (SSSR count). The molecule has 7 nitrogen and oxygen atoms in total. The number of amides is 1. The third-order valence-corrected chi connectivity index (χ3v) is 5.09. The summed E-state index contributed by atoms with van der Waals surface area (Å²) in [5.74, 6) is 0. The molecule has 0 bridgehead atoms. The maximum atomic E-state index is 11.8. The average Bonchev–Trinajstić information content (AvgIpc) is 2.45. The molecule has 1 fully saturated rings. The molecule has 0 aliphatic carbocycles. The summed E-state index contributed by atoms with van der Waals surface area (Å²) in [6.07, 6.45) is 2.30. The van der Waals surface area contributed by atoms with Crippen molar-refractivity contribution >= 4 is 27.3 Å². The average molecular weight is 369 g/mol. The van der Waals surface area contributed by atoms with Gasteiger partial charge in [0.25, 0.3) is 0 Å². The fraction of sp³-hybridized carbons (Fsp3) is 0.588. The Morgan fingerprint density at radius 1 is 1.28 bits per heavy atom. The van der Waals surface area contributed by atoms with Crippen LogP contribution in [0.15, 0.2) is 23.1 Å². The second-order valence-electron chi connectivity index (χ2n) is 7.40. The summed E-state index contributed by atoms with van der Waals surface area (Å²) in [6, 6.07) is 4.87. The van der Waals surface area contributed by atoms with E-state index in [2.05, 4.69) is 10.2 Å². The van der Waals surface area contributed by atoms with Crippen LogP contribution in [-0.4, -0.2) is 45.5 Å². The van der Waals surface area contributed by atoms with E-state index in [-0.39, 0.29) is 10.9 Å². The summed E-state index contributed by atoms with van der Waals surface area (Å²) >= 11 is 0. The van der Waals surface area contributed by atoms with Crippen LogP contribution in [0.3, 0.4) is 0 Å². The minimum absolute atomic E-state index is 0.0580. The van der Waals surface area contributed by atoms with E-state index in [1.165, 1.54) is 6.07 Å². The standard InChI is InChI=1S/C17H27N3O4S/c1-17(2,3)24-16(21)19-12-7-9-20(10-8-12)15-6-5-13(11-14(15)18)25(4,22)23/h5-6,11-12H,7-10,18H2,1-4H3,(H,19,21). The number of rotatable bonds is 3. The van der Waals surface area contributed by atoms with Crippen LogP contribution in [0.2, 0.25) is 0 Å². The van der Waals surface area contributed by atoms with Crippen LogP contribution in [-0.2, 0) is 14.6 Å². The molecule has 8 heteroatoms. The summed E-state index contributed by atoms with van der Waals surface area (Å²) < 4.78 is 28.5. The lowest BCUT2D eigenvalue weighted by molar-refractivity contribution is 0.0497. The van der Waals surface area contributed by atoms with Crippen LogP contribution in [0.1, 0.15) is 33.6 Å². The van der Waals surface area contributed by atoms with Gasteiger partial charge in [0.05, 0.1) is 16.3 Å². The first-order valence-electron chi connectivity index (χ1n) is 8.30. The number of nitrogen functional groups attached to an aromatic ring is 1. The minimum atomic E-state index is -3.27. The number of nitrogens with zero attached hydrogens (tertiary/aromatic N) is 1. The van der Waals surface area contributed by atoms with Gasteiger partial charge in [0.15, 0.2) is 9.84 Å². The zero-order valence-corrected chi connectivity index (χ0v) is 16.0. The summed E-state index contributed by atoms with van der Waals surface area (Å²) in [7, 11) is -3.27. The Hall–Kier alpha value is -1.96. The van der Waals surface area contributed by atoms with Crippen molar-refractivity contribution in [2.75, 3.05) is 30.0 Å². The van der Waals surface area contributed by atoms with Gasteiger partial charge < -0.3 is 20.7 Å². The van der Waals surface area contributed by atoms with Crippen molar-refractivity contribution in [3.05, 3.63) is 18.2 Å². The van der Waals surface area contributed by atoms with Crippen LogP contribution in [0, 0.1) is 0 Å². The molecule has 1 amide bonds. The summed E-state index contributed by atoms with van der Waals surface area (Å²) in [5, 5.41) is 2.89. The van der Waals surface area contributed by atoms with Gasteiger partial charge in [-0.05, 0) is 51.8 Å². The van der Waals surface area contributed by atoms with Gasteiger partial charge in [-0.3, -0.25) is 0 Å². The van der Waals surface area contributed by atoms with E-state index in [4.69, 9.17) is 10.5 Å². The van der Waals surface area contributed by atoms with Crippen molar-refractivity contribution in [3.63, 3.8) is 0 Å². The third-order valence-electron chi connectivity index (χ3n) is 3.98. The van der Waals surface area contributed by atoms with E-state index in [1.54, 1.807) is 12.1 Å². The van der Waals surface area contributed by atoms with Crippen molar-refractivity contribution < 1.29 is 17.9 Å². The highest BCUT2D eigenvalue weighted by atomic mass is 32.2. The normalized spacial score (nSPS) is 16.6. The molecule has 0 saturated carbocycles. The Labute approximate surface area is 149 Å². The van der Waals surface area contributed by atoms with Gasteiger partial charge in [-0.15, -0.1) is 0 Å². The van der Waals surface area contributed by atoms with Crippen molar-refractivity contribution in [2.24, 2.45) is 0 Å². The number of sulfone groups is 1. The lowest BCUT2D eigenvalue weighted by Crippen LogP contribution is -2.46. The van der Waals surface area contributed by atoms with E-state index in [0.29, 0.717) is 5.69 Å². The van der Waals surface area contributed by atoms with Crippen molar-refractivity contribution in [1.29, 1.82) is 0 Å². The number of anilines is 2. The van der Waals surface area contributed by atoms with Crippen molar-refractivity contribution in [2.45, 2.75) is 50.2 Å². The molecule has 0 radical (unpaired) electrons. The maximum Gasteiger partial charge on any atom is 0.407 e. The van der Waals surface area contributed by atoms with E-state index in [0.717, 1.165) is 37.9 Å². The van der Waals surface area contributed by atoms with Crippen LogP contribution in [0.4, 0.5) is 16.2 Å². The Balaban J connectivity index is 1.95. The number of alkyl carbamates (subject to hydrolysis) is 1. The molecule has 0 spiro atoms. The minimum Gasteiger partial charge on any atom is -0.444 e. The predicted octanol–water partition coefficient (Wildman–Crippen LogP) is 2.17. The quantitative estimate of drug-likeness (QED) is 0.792. The molecule has 1 aliphatic heterocycles. The lowest BCUT2D eigenvalue weighted by atomic mass is 10.0. The highest BCUT2D eigenvalue weighted by molar-refractivity contribution is 7.90. The van der Waals surface area contributed by atoms with Crippen molar-refractivity contribution in [3.8, 4) is 0 Å². The first kappa shape index (κ1) is 19.4. The van der Waals surface area contributed by atoms with E-state index < -0.39 is 21.5 Å². The third kappa shape index (κ3) is 5.52. The Kier molecular flexibility index (Phi) is 5.51. The smallest absolute Gasteiger partial charge is 0.407 e. The molecule has 1 aromatic rings. The molecular formula is C17H27N3O4S. The fourth-order valence-electron chi connectivity index (χ4n) is 2.79.